The molecule has 1 amide bonds. The maximum atomic E-state index is 13.9. The Balaban J connectivity index is 2.28. The highest BCUT2D eigenvalue weighted by atomic mass is 35.5. The van der Waals surface area contributed by atoms with Crippen molar-refractivity contribution >= 4 is 23.3 Å². The van der Waals surface area contributed by atoms with Gasteiger partial charge in [-0.3, -0.25) is 4.79 Å². The molecule has 1 saturated carbocycles. The Morgan fingerprint density at radius 2 is 2.05 bits per heavy atom. The van der Waals surface area contributed by atoms with E-state index in [0.29, 0.717) is 12.8 Å². The number of nitrogens with one attached hydrogen (secondary N) is 1. The molecule has 114 valence electrons. The van der Waals surface area contributed by atoms with E-state index in [1.807, 2.05) is 0 Å². The Hall–Kier alpha value is -1.82. The van der Waals surface area contributed by atoms with Crippen LogP contribution in [0.25, 0.3) is 0 Å². The fraction of sp³-hybridized carbons (Fsp3) is 0.429. The van der Waals surface area contributed by atoms with Crippen molar-refractivity contribution in [3.63, 3.8) is 0 Å². The summed E-state index contributed by atoms with van der Waals surface area (Å²) < 4.78 is 13.9. The molecular weight excluding hydrogens is 297 g/mol. The number of amides is 1. The lowest BCUT2D eigenvalue weighted by Crippen LogP contribution is -2.58. The summed E-state index contributed by atoms with van der Waals surface area (Å²) in [5, 5.41) is 14.6. The first-order valence-electron chi connectivity index (χ1n) is 6.75. The van der Waals surface area contributed by atoms with Gasteiger partial charge < -0.3 is 16.3 Å². The first kappa shape index (κ1) is 15.6. The average Bonchev–Trinajstić information content (AvgIpc) is 2.50. The van der Waals surface area contributed by atoms with Gasteiger partial charge in [-0.1, -0.05) is 42.1 Å². The Kier molecular flexibility index (Phi) is 4.67. The first-order chi connectivity index (χ1) is 10.00. The van der Waals surface area contributed by atoms with Crippen molar-refractivity contribution in [1.82, 2.24) is 5.32 Å². The van der Waals surface area contributed by atoms with Crippen LogP contribution in [0.3, 0.4) is 0 Å². The largest absolute Gasteiger partial charge is 0.409 e. The Morgan fingerprint density at radius 3 is 2.67 bits per heavy atom. The predicted octanol–water partition coefficient (Wildman–Crippen LogP) is 2.66. The van der Waals surface area contributed by atoms with Crippen molar-refractivity contribution in [2.75, 3.05) is 0 Å². The van der Waals surface area contributed by atoms with Gasteiger partial charge >= 0.3 is 0 Å². The number of carbonyl (C=O) groups excluding carboxylic acids is 1. The smallest absolute Gasteiger partial charge is 0.255 e. The molecule has 2 rings (SSSR count). The molecule has 1 fully saturated rings. The highest BCUT2D eigenvalue weighted by Crippen LogP contribution is 2.29. The summed E-state index contributed by atoms with van der Waals surface area (Å²) in [6.45, 7) is 0. The van der Waals surface area contributed by atoms with E-state index >= 15 is 0 Å². The molecule has 21 heavy (non-hydrogen) atoms. The van der Waals surface area contributed by atoms with Gasteiger partial charge in [0, 0.05) is 0 Å². The number of amidine groups is 1. The molecule has 0 spiro atoms. The molecule has 1 aromatic carbocycles. The minimum Gasteiger partial charge on any atom is -0.409 e. The number of benzene rings is 1. The molecular formula is C14H17ClFN3O2. The van der Waals surface area contributed by atoms with E-state index in [0.717, 1.165) is 19.3 Å². The van der Waals surface area contributed by atoms with E-state index in [-0.39, 0.29) is 16.4 Å². The molecule has 0 radical (unpaired) electrons. The summed E-state index contributed by atoms with van der Waals surface area (Å²) in [6, 6.07) is 4.21. The zero-order valence-corrected chi connectivity index (χ0v) is 12.2. The predicted molar refractivity (Wildman–Crippen MR) is 78.1 cm³/mol. The van der Waals surface area contributed by atoms with Crippen LogP contribution in [0.15, 0.2) is 23.4 Å². The molecule has 0 unspecified atom stereocenters. The summed E-state index contributed by atoms with van der Waals surface area (Å²) in [6.07, 6.45) is 3.80. The van der Waals surface area contributed by atoms with Gasteiger partial charge in [-0.25, -0.2) is 4.39 Å². The third-order valence-corrected chi connectivity index (χ3v) is 4.15. The van der Waals surface area contributed by atoms with Gasteiger partial charge in [0.15, 0.2) is 11.7 Å². The van der Waals surface area contributed by atoms with Crippen molar-refractivity contribution < 1.29 is 14.4 Å². The van der Waals surface area contributed by atoms with Crippen molar-refractivity contribution in [3.8, 4) is 0 Å². The minimum absolute atomic E-state index is 0.0574. The van der Waals surface area contributed by atoms with Crippen LogP contribution in [-0.4, -0.2) is 22.5 Å². The fourth-order valence-corrected chi connectivity index (χ4v) is 2.83. The summed E-state index contributed by atoms with van der Waals surface area (Å²) in [5.41, 5.74) is 4.66. The molecule has 0 aliphatic heterocycles. The number of nitrogens with zero attached hydrogens (tertiary/aromatic N) is 1. The molecule has 5 nitrogen and oxygen atoms in total. The second kappa shape index (κ2) is 6.30. The van der Waals surface area contributed by atoms with Crippen LogP contribution < -0.4 is 11.1 Å². The number of hydrogen-bond acceptors (Lipinski definition) is 3. The van der Waals surface area contributed by atoms with E-state index < -0.39 is 17.3 Å². The van der Waals surface area contributed by atoms with Crippen LogP contribution >= 0.6 is 11.6 Å². The summed E-state index contributed by atoms with van der Waals surface area (Å²) in [4.78, 5) is 12.3. The Bertz CT molecular complexity index is 571. The van der Waals surface area contributed by atoms with Crippen LogP contribution in [0.2, 0.25) is 5.02 Å². The summed E-state index contributed by atoms with van der Waals surface area (Å²) in [5.74, 6) is -1.45. The maximum Gasteiger partial charge on any atom is 0.255 e. The lowest BCUT2D eigenvalue weighted by molar-refractivity contribution is 0.0901. The monoisotopic (exact) mass is 313 g/mol. The molecule has 4 N–H and O–H groups in total. The Morgan fingerprint density at radius 1 is 1.38 bits per heavy atom. The van der Waals surface area contributed by atoms with Crippen LogP contribution in [0, 0.1) is 5.82 Å². The van der Waals surface area contributed by atoms with Crippen molar-refractivity contribution in [2.45, 2.75) is 37.6 Å². The SMILES string of the molecule is N/C(=N/O)C1(NC(=O)c2cccc(Cl)c2F)CCCCC1. The molecule has 1 aliphatic rings. The molecule has 0 aromatic heterocycles. The van der Waals surface area contributed by atoms with Gasteiger partial charge in [0.1, 0.15) is 5.54 Å². The molecule has 0 atom stereocenters. The lowest BCUT2D eigenvalue weighted by Gasteiger charge is -2.36. The topological polar surface area (TPSA) is 87.7 Å². The second-order valence-corrected chi connectivity index (χ2v) is 5.59. The molecule has 0 saturated heterocycles. The van der Waals surface area contributed by atoms with Crippen LogP contribution in [0.1, 0.15) is 42.5 Å². The van der Waals surface area contributed by atoms with Crippen molar-refractivity contribution in [1.29, 1.82) is 0 Å². The van der Waals surface area contributed by atoms with Gasteiger partial charge in [-0.15, -0.1) is 0 Å². The summed E-state index contributed by atoms with van der Waals surface area (Å²) in [7, 11) is 0. The molecule has 0 heterocycles. The standard InChI is InChI=1S/C14H17ClFN3O2/c15-10-6-4-5-9(11(10)16)12(20)18-14(13(17)19-21)7-2-1-3-8-14/h4-6,21H,1-3,7-8H2,(H2,17,19)(H,18,20). The zero-order chi connectivity index (χ0) is 15.5. The normalized spacial score (nSPS) is 18.3. The first-order valence-corrected chi connectivity index (χ1v) is 7.12. The highest BCUT2D eigenvalue weighted by Gasteiger charge is 2.38. The average molecular weight is 314 g/mol. The van der Waals surface area contributed by atoms with Crippen molar-refractivity contribution in [3.05, 3.63) is 34.6 Å². The molecule has 1 aliphatic carbocycles. The van der Waals surface area contributed by atoms with Crippen LogP contribution in [0.5, 0.6) is 0 Å². The highest BCUT2D eigenvalue weighted by molar-refractivity contribution is 6.31. The van der Waals surface area contributed by atoms with E-state index in [2.05, 4.69) is 10.5 Å². The molecule has 1 aromatic rings. The van der Waals surface area contributed by atoms with E-state index in [9.17, 15) is 9.18 Å². The summed E-state index contributed by atoms with van der Waals surface area (Å²) >= 11 is 5.68. The maximum absolute atomic E-state index is 13.9. The van der Waals surface area contributed by atoms with Gasteiger partial charge in [0.25, 0.3) is 5.91 Å². The van der Waals surface area contributed by atoms with E-state index in [1.54, 1.807) is 0 Å². The van der Waals surface area contributed by atoms with Gasteiger partial charge in [0.2, 0.25) is 0 Å². The number of rotatable bonds is 3. The third-order valence-electron chi connectivity index (χ3n) is 3.85. The third kappa shape index (κ3) is 3.10. The van der Waals surface area contributed by atoms with E-state index in [1.165, 1.54) is 18.2 Å². The minimum atomic E-state index is -0.932. The lowest BCUT2D eigenvalue weighted by atomic mass is 9.80. The Labute approximate surface area is 127 Å². The fourth-order valence-electron chi connectivity index (χ4n) is 2.66. The second-order valence-electron chi connectivity index (χ2n) is 5.18. The number of hydrogen-bond donors (Lipinski definition) is 3. The van der Waals surface area contributed by atoms with Gasteiger partial charge in [-0.05, 0) is 25.0 Å². The number of nitrogens with two attached hydrogens (primary N) is 1. The van der Waals surface area contributed by atoms with Crippen LogP contribution in [0.4, 0.5) is 4.39 Å². The number of oxime groups is 1. The zero-order valence-electron chi connectivity index (χ0n) is 11.4. The quantitative estimate of drug-likeness (QED) is 0.347. The van der Waals surface area contributed by atoms with Gasteiger partial charge in [-0.2, -0.15) is 0 Å². The molecule has 7 heteroatoms. The van der Waals surface area contributed by atoms with Gasteiger partial charge in [0.05, 0.1) is 10.6 Å². The van der Waals surface area contributed by atoms with Crippen LogP contribution in [-0.2, 0) is 0 Å². The van der Waals surface area contributed by atoms with E-state index in [4.69, 9.17) is 22.5 Å². The number of halogens is 2. The van der Waals surface area contributed by atoms with Crippen molar-refractivity contribution in [2.24, 2.45) is 10.9 Å². The molecule has 0 bridgehead atoms. The number of carbonyl (C=O) groups is 1.